The zero-order valence-electron chi connectivity index (χ0n) is 10.4. The van der Waals surface area contributed by atoms with Crippen molar-refractivity contribution in [3.05, 3.63) is 60.2 Å². The molecule has 2 aromatic rings. The predicted octanol–water partition coefficient (Wildman–Crippen LogP) is 3.54. The van der Waals surface area contributed by atoms with Crippen LogP contribution in [0, 0.1) is 6.92 Å². The lowest BCUT2D eigenvalue weighted by molar-refractivity contribution is 0.334. The molecule has 1 atom stereocenters. The molecule has 0 aliphatic carbocycles. The second-order valence-corrected chi connectivity index (χ2v) is 5.98. The Morgan fingerprint density at radius 2 is 1.56 bits per heavy atom. The first kappa shape index (κ1) is 12.9. The van der Waals surface area contributed by atoms with Crippen LogP contribution < -0.4 is 9.83 Å². The molecule has 1 unspecified atom stereocenters. The van der Waals surface area contributed by atoms with Gasteiger partial charge in [-0.25, -0.2) is 4.57 Å². The fourth-order valence-corrected chi connectivity index (χ4v) is 2.85. The van der Waals surface area contributed by atoms with Gasteiger partial charge in [0.1, 0.15) is 5.75 Å². The summed E-state index contributed by atoms with van der Waals surface area (Å²) in [5, 5.41) is 0.555. The van der Waals surface area contributed by atoms with Crippen LogP contribution in [0.5, 0.6) is 5.75 Å². The molecule has 2 aromatic carbocycles. The third-order valence-electron chi connectivity index (χ3n) is 2.56. The van der Waals surface area contributed by atoms with E-state index in [1.54, 1.807) is 24.3 Å². The van der Waals surface area contributed by atoms with Crippen molar-refractivity contribution in [2.45, 2.75) is 6.92 Å². The minimum atomic E-state index is -3.29. The summed E-state index contributed by atoms with van der Waals surface area (Å²) in [6.45, 7) is 1.97. The molecule has 2 rings (SSSR count). The second-order valence-electron chi connectivity index (χ2n) is 3.92. The summed E-state index contributed by atoms with van der Waals surface area (Å²) in [5.74, 6) is 0.531. The van der Waals surface area contributed by atoms with E-state index in [9.17, 15) is 4.57 Å². The van der Waals surface area contributed by atoms with Crippen LogP contribution in [0.1, 0.15) is 5.56 Å². The van der Waals surface area contributed by atoms with Gasteiger partial charge in [0.25, 0.3) is 0 Å². The van der Waals surface area contributed by atoms with Gasteiger partial charge in [0.15, 0.2) is 0 Å². The van der Waals surface area contributed by atoms with Crippen molar-refractivity contribution in [2.75, 3.05) is 7.11 Å². The van der Waals surface area contributed by atoms with Crippen LogP contribution >= 0.6 is 7.60 Å². The Morgan fingerprint density at radius 3 is 2.11 bits per heavy atom. The largest absolute Gasteiger partial charge is 0.421 e. The van der Waals surface area contributed by atoms with Crippen LogP contribution in [0.3, 0.4) is 0 Å². The van der Waals surface area contributed by atoms with Crippen LogP contribution in [0.25, 0.3) is 0 Å². The molecule has 0 heterocycles. The van der Waals surface area contributed by atoms with Crippen LogP contribution in [0.4, 0.5) is 0 Å². The Kier molecular flexibility index (Phi) is 3.85. The molecule has 0 saturated heterocycles. The van der Waals surface area contributed by atoms with E-state index < -0.39 is 7.60 Å². The molecule has 0 N–H and O–H groups in total. The zero-order chi connectivity index (χ0) is 13.0. The molecular formula is C14H15O3P. The molecule has 4 heteroatoms. The van der Waals surface area contributed by atoms with Crippen molar-refractivity contribution < 1.29 is 13.6 Å². The number of aryl methyl sites for hydroxylation is 1. The number of hydrogen-bond acceptors (Lipinski definition) is 3. The van der Waals surface area contributed by atoms with Crippen molar-refractivity contribution in [1.29, 1.82) is 0 Å². The van der Waals surface area contributed by atoms with Crippen LogP contribution in [-0.2, 0) is 9.09 Å². The van der Waals surface area contributed by atoms with Crippen molar-refractivity contribution in [3.63, 3.8) is 0 Å². The molecule has 0 aliphatic rings. The van der Waals surface area contributed by atoms with Gasteiger partial charge in [0.05, 0.1) is 5.30 Å². The van der Waals surface area contributed by atoms with Crippen LogP contribution in [0.15, 0.2) is 54.6 Å². The number of rotatable bonds is 4. The molecule has 0 bridgehead atoms. The molecule has 0 amide bonds. The minimum Gasteiger partial charge on any atom is -0.421 e. The molecule has 0 saturated carbocycles. The van der Waals surface area contributed by atoms with Crippen molar-refractivity contribution >= 4 is 12.9 Å². The molecule has 18 heavy (non-hydrogen) atoms. The molecular weight excluding hydrogens is 247 g/mol. The third-order valence-corrected chi connectivity index (χ3v) is 4.42. The molecule has 0 spiro atoms. The topological polar surface area (TPSA) is 35.5 Å². The Labute approximate surface area is 107 Å². The number of benzene rings is 2. The quantitative estimate of drug-likeness (QED) is 0.790. The molecule has 0 radical (unpaired) electrons. The zero-order valence-corrected chi connectivity index (χ0v) is 11.3. The average Bonchev–Trinajstić information content (AvgIpc) is 2.40. The Bertz CT molecular complexity index is 549. The number of para-hydroxylation sites is 1. The fourth-order valence-electron chi connectivity index (χ4n) is 1.54. The Balaban J connectivity index is 2.31. The van der Waals surface area contributed by atoms with E-state index in [0.29, 0.717) is 11.1 Å². The van der Waals surface area contributed by atoms with Crippen molar-refractivity contribution in [3.8, 4) is 5.75 Å². The molecule has 0 fully saturated rings. The minimum absolute atomic E-state index is 0.531. The van der Waals surface area contributed by atoms with E-state index in [1.807, 2.05) is 37.3 Å². The van der Waals surface area contributed by atoms with Crippen LogP contribution in [0.2, 0.25) is 0 Å². The normalized spacial score (nSPS) is 13.9. The van der Waals surface area contributed by atoms with Gasteiger partial charge in [-0.3, -0.25) is 4.52 Å². The maximum absolute atomic E-state index is 12.6. The first-order valence-electron chi connectivity index (χ1n) is 5.62. The maximum Gasteiger partial charge on any atom is 0.410 e. The highest BCUT2D eigenvalue weighted by molar-refractivity contribution is 7.62. The third kappa shape index (κ3) is 2.81. The molecule has 3 nitrogen and oxygen atoms in total. The summed E-state index contributed by atoms with van der Waals surface area (Å²) >= 11 is 0. The van der Waals surface area contributed by atoms with Gasteiger partial charge in [0.2, 0.25) is 0 Å². The van der Waals surface area contributed by atoms with Gasteiger partial charge in [0, 0.05) is 7.11 Å². The van der Waals surface area contributed by atoms with Crippen molar-refractivity contribution in [1.82, 2.24) is 0 Å². The lowest BCUT2D eigenvalue weighted by Gasteiger charge is -2.17. The van der Waals surface area contributed by atoms with Gasteiger partial charge in [-0.2, -0.15) is 0 Å². The molecule has 94 valence electrons. The Morgan fingerprint density at radius 1 is 0.944 bits per heavy atom. The smallest absolute Gasteiger partial charge is 0.410 e. The van der Waals surface area contributed by atoms with Crippen molar-refractivity contribution in [2.24, 2.45) is 0 Å². The molecule has 0 aliphatic heterocycles. The second kappa shape index (κ2) is 5.38. The van der Waals surface area contributed by atoms with Gasteiger partial charge in [-0.05, 0) is 31.2 Å². The Hall–Kier alpha value is -1.57. The van der Waals surface area contributed by atoms with Gasteiger partial charge >= 0.3 is 7.60 Å². The summed E-state index contributed by atoms with van der Waals surface area (Å²) < 4.78 is 23.2. The van der Waals surface area contributed by atoms with Crippen LogP contribution in [-0.4, -0.2) is 7.11 Å². The first-order chi connectivity index (χ1) is 8.64. The van der Waals surface area contributed by atoms with Gasteiger partial charge < -0.3 is 4.52 Å². The fraction of sp³-hybridized carbons (Fsp3) is 0.143. The lowest BCUT2D eigenvalue weighted by atomic mass is 10.2. The summed E-state index contributed by atoms with van der Waals surface area (Å²) in [5.41, 5.74) is 1.10. The van der Waals surface area contributed by atoms with E-state index in [2.05, 4.69) is 0 Å². The maximum atomic E-state index is 12.6. The van der Waals surface area contributed by atoms with E-state index in [0.717, 1.165) is 5.56 Å². The lowest BCUT2D eigenvalue weighted by Crippen LogP contribution is -2.11. The highest BCUT2D eigenvalue weighted by Gasteiger charge is 2.27. The van der Waals surface area contributed by atoms with E-state index >= 15 is 0 Å². The standard InChI is InChI=1S/C14H15O3P/c1-12-8-10-14(11-9-12)18(15,16-2)17-13-6-4-3-5-7-13/h3-11H,1-2H3. The summed E-state index contributed by atoms with van der Waals surface area (Å²) in [6, 6.07) is 16.3. The van der Waals surface area contributed by atoms with Gasteiger partial charge in [-0.1, -0.05) is 35.9 Å². The average molecular weight is 262 g/mol. The predicted molar refractivity (Wildman–Crippen MR) is 72.5 cm³/mol. The summed E-state index contributed by atoms with van der Waals surface area (Å²) in [7, 11) is -1.90. The first-order valence-corrected chi connectivity index (χ1v) is 7.16. The van der Waals surface area contributed by atoms with E-state index in [1.165, 1.54) is 7.11 Å². The van der Waals surface area contributed by atoms with E-state index in [-0.39, 0.29) is 0 Å². The van der Waals surface area contributed by atoms with E-state index in [4.69, 9.17) is 9.05 Å². The highest BCUT2D eigenvalue weighted by atomic mass is 31.2. The summed E-state index contributed by atoms with van der Waals surface area (Å²) in [4.78, 5) is 0. The highest BCUT2D eigenvalue weighted by Crippen LogP contribution is 2.46. The number of hydrogen-bond donors (Lipinski definition) is 0. The monoisotopic (exact) mass is 262 g/mol. The summed E-state index contributed by atoms with van der Waals surface area (Å²) in [6.07, 6.45) is 0. The SMILES string of the molecule is COP(=O)(Oc1ccccc1)c1ccc(C)cc1. The molecule has 0 aromatic heterocycles. The van der Waals surface area contributed by atoms with Gasteiger partial charge in [-0.15, -0.1) is 0 Å².